The first kappa shape index (κ1) is 18.8. The van der Waals surface area contributed by atoms with Crippen LogP contribution in [-0.4, -0.2) is 19.6 Å². The van der Waals surface area contributed by atoms with Crippen LogP contribution in [-0.2, 0) is 6.67 Å². The quantitative estimate of drug-likeness (QED) is 0.677. The first-order chi connectivity index (χ1) is 12.9. The molecule has 4 heteroatoms. The molecule has 27 heavy (non-hydrogen) atoms. The third-order valence-corrected chi connectivity index (χ3v) is 7.28. The van der Waals surface area contributed by atoms with Crippen LogP contribution in [0, 0.1) is 11.8 Å². The van der Waals surface area contributed by atoms with Gasteiger partial charge in [-0.1, -0.05) is 41.5 Å². The molecule has 0 aliphatic heterocycles. The molecule has 0 fully saturated rings. The molecular formula is C23H36N4. The van der Waals surface area contributed by atoms with Gasteiger partial charge in [-0.25, -0.2) is 9.36 Å². The van der Waals surface area contributed by atoms with Crippen LogP contribution in [0.5, 0.6) is 0 Å². The summed E-state index contributed by atoms with van der Waals surface area (Å²) in [5, 5.41) is 9.70. The summed E-state index contributed by atoms with van der Waals surface area (Å²) in [5.41, 5.74) is 5.88. The third kappa shape index (κ3) is 3.15. The van der Waals surface area contributed by atoms with Gasteiger partial charge in [-0.3, -0.25) is 0 Å². The fourth-order valence-electron chi connectivity index (χ4n) is 5.48. The lowest BCUT2D eigenvalue weighted by molar-refractivity contribution is 0.348. The molecule has 2 aliphatic carbocycles. The second kappa shape index (κ2) is 7.10. The largest absolute Gasteiger partial charge is 0.247 e. The highest BCUT2D eigenvalue weighted by molar-refractivity contribution is 5.31. The first-order valence-electron chi connectivity index (χ1n) is 11.0. The van der Waals surface area contributed by atoms with Crippen molar-refractivity contribution in [1.82, 2.24) is 19.6 Å². The summed E-state index contributed by atoms with van der Waals surface area (Å²) in [6.07, 6.45) is 9.39. The van der Waals surface area contributed by atoms with Crippen LogP contribution >= 0.6 is 0 Å². The van der Waals surface area contributed by atoms with Gasteiger partial charge in [0.25, 0.3) is 0 Å². The fraction of sp³-hybridized carbons (Fsp3) is 0.739. The lowest BCUT2D eigenvalue weighted by Gasteiger charge is -2.32. The Morgan fingerprint density at radius 1 is 0.778 bits per heavy atom. The number of aromatic nitrogens is 4. The maximum absolute atomic E-state index is 4.85. The predicted molar refractivity (Wildman–Crippen MR) is 110 cm³/mol. The van der Waals surface area contributed by atoms with E-state index in [4.69, 9.17) is 10.2 Å². The van der Waals surface area contributed by atoms with E-state index in [-0.39, 0.29) is 0 Å². The van der Waals surface area contributed by atoms with Crippen LogP contribution < -0.4 is 0 Å². The summed E-state index contributed by atoms with van der Waals surface area (Å²) < 4.78 is 4.53. The Balaban J connectivity index is 1.73. The molecule has 0 radical (unpaired) electrons. The third-order valence-electron chi connectivity index (χ3n) is 7.28. The molecule has 0 bridgehead atoms. The minimum Gasteiger partial charge on any atom is -0.247 e. The average molecular weight is 369 g/mol. The maximum Gasteiger partial charge on any atom is 0.133 e. The van der Waals surface area contributed by atoms with Crippen LogP contribution in [0.15, 0.2) is 12.4 Å². The molecule has 2 aromatic rings. The monoisotopic (exact) mass is 368 g/mol. The van der Waals surface area contributed by atoms with E-state index in [1.165, 1.54) is 48.2 Å². The molecule has 2 heterocycles. The van der Waals surface area contributed by atoms with Gasteiger partial charge in [0.15, 0.2) is 0 Å². The lowest BCUT2D eigenvalue weighted by Crippen LogP contribution is -2.25. The second-order valence-electron chi connectivity index (χ2n) is 9.77. The molecule has 4 nitrogen and oxygen atoms in total. The van der Waals surface area contributed by atoms with Crippen molar-refractivity contribution in [2.75, 3.05) is 0 Å². The van der Waals surface area contributed by atoms with E-state index in [9.17, 15) is 0 Å². The standard InChI is InChI=1S/C23H36N4/c1-14(2)18-9-7-16(5)20-11-24-26(22(18)20)13-27-23-19(15(3)4)10-8-17(6)21(23)12-25-27/h11-12,14-19H,7-10,13H2,1-6H3. The Hall–Kier alpha value is -1.58. The zero-order chi connectivity index (χ0) is 19.3. The number of rotatable bonds is 4. The molecule has 4 atom stereocenters. The predicted octanol–water partition coefficient (Wildman–Crippen LogP) is 5.86. The normalized spacial score (nSPS) is 27.9. The van der Waals surface area contributed by atoms with E-state index in [0.717, 1.165) is 6.67 Å². The van der Waals surface area contributed by atoms with Crippen molar-refractivity contribution in [1.29, 1.82) is 0 Å². The summed E-state index contributed by atoms with van der Waals surface area (Å²) in [4.78, 5) is 0. The number of hydrogen-bond donors (Lipinski definition) is 0. The maximum atomic E-state index is 4.85. The van der Waals surface area contributed by atoms with E-state index >= 15 is 0 Å². The van der Waals surface area contributed by atoms with E-state index in [2.05, 4.69) is 63.3 Å². The molecule has 0 spiro atoms. The highest BCUT2D eigenvalue weighted by Crippen LogP contribution is 2.44. The SMILES string of the molecule is CC1CCC(C(C)C)c2c1cnn2Cn1ncc2c1C(C(C)C)CCC2C. The molecule has 0 saturated carbocycles. The van der Waals surface area contributed by atoms with Crippen LogP contribution in [0.4, 0.5) is 0 Å². The topological polar surface area (TPSA) is 35.6 Å². The Morgan fingerprint density at radius 3 is 1.56 bits per heavy atom. The summed E-state index contributed by atoms with van der Waals surface area (Å²) in [6, 6.07) is 0. The summed E-state index contributed by atoms with van der Waals surface area (Å²) in [6.45, 7) is 14.9. The first-order valence-corrected chi connectivity index (χ1v) is 11.0. The van der Waals surface area contributed by atoms with E-state index in [1.54, 1.807) is 0 Å². The molecule has 0 N–H and O–H groups in total. The van der Waals surface area contributed by atoms with Crippen molar-refractivity contribution in [3.63, 3.8) is 0 Å². The van der Waals surface area contributed by atoms with Crippen molar-refractivity contribution in [3.05, 3.63) is 34.9 Å². The lowest BCUT2D eigenvalue weighted by atomic mass is 9.76. The zero-order valence-electron chi connectivity index (χ0n) is 17.9. The fourth-order valence-corrected chi connectivity index (χ4v) is 5.48. The second-order valence-corrected chi connectivity index (χ2v) is 9.77. The smallest absolute Gasteiger partial charge is 0.133 e. The van der Waals surface area contributed by atoms with Gasteiger partial charge >= 0.3 is 0 Å². The van der Waals surface area contributed by atoms with Crippen molar-refractivity contribution < 1.29 is 0 Å². The number of nitrogens with zero attached hydrogens (tertiary/aromatic N) is 4. The average Bonchev–Trinajstić information content (AvgIpc) is 3.22. The molecular weight excluding hydrogens is 332 g/mol. The number of fused-ring (bicyclic) bond motifs is 2. The molecule has 2 aromatic heterocycles. The Kier molecular flexibility index (Phi) is 4.94. The zero-order valence-corrected chi connectivity index (χ0v) is 17.9. The Morgan fingerprint density at radius 2 is 1.19 bits per heavy atom. The minimum absolute atomic E-state index is 0.616. The van der Waals surface area contributed by atoms with Crippen LogP contribution in [0.3, 0.4) is 0 Å². The molecule has 0 aromatic carbocycles. The van der Waals surface area contributed by atoms with Gasteiger partial charge in [0.1, 0.15) is 6.67 Å². The van der Waals surface area contributed by atoms with Gasteiger partial charge in [0.05, 0.1) is 12.4 Å². The summed E-state index contributed by atoms with van der Waals surface area (Å²) in [5.74, 6) is 3.79. The van der Waals surface area contributed by atoms with Gasteiger partial charge in [-0.15, -0.1) is 0 Å². The van der Waals surface area contributed by atoms with Crippen molar-refractivity contribution in [2.24, 2.45) is 11.8 Å². The van der Waals surface area contributed by atoms with E-state index < -0.39 is 0 Å². The van der Waals surface area contributed by atoms with Gasteiger partial charge in [-0.05, 0) is 60.5 Å². The minimum atomic E-state index is 0.616. The highest BCUT2D eigenvalue weighted by atomic mass is 15.4. The van der Waals surface area contributed by atoms with Gasteiger partial charge < -0.3 is 0 Å². The number of hydrogen-bond acceptors (Lipinski definition) is 2. The van der Waals surface area contributed by atoms with Crippen LogP contribution in [0.25, 0.3) is 0 Å². The molecule has 0 amide bonds. The van der Waals surface area contributed by atoms with E-state index in [1.807, 2.05) is 0 Å². The Labute approximate surface area is 164 Å². The summed E-state index contributed by atoms with van der Waals surface area (Å²) >= 11 is 0. The molecule has 148 valence electrons. The molecule has 4 unspecified atom stereocenters. The Bertz CT molecular complexity index is 731. The van der Waals surface area contributed by atoms with Crippen LogP contribution in [0.2, 0.25) is 0 Å². The molecule has 0 saturated heterocycles. The highest BCUT2D eigenvalue weighted by Gasteiger charge is 2.33. The van der Waals surface area contributed by atoms with Crippen LogP contribution in [0.1, 0.15) is 113 Å². The van der Waals surface area contributed by atoms with Crippen molar-refractivity contribution in [3.8, 4) is 0 Å². The van der Waals surface area contributed by atoms with Crippen molar-refractivity contribution in [2.45, 2.75) is 97.6 Å². The van der Waals surface area contributed by atoms with Gasteiger partial charge in [0, 0.05) is 23.2 Å². The summed E-state index contributed by atoms with van der Waals surface area (Å²) in [7, 11) is 0. The van der Waals surface area contributed by atoms with E-state index in [0.29, 0.717) is 35.5 Å². The van der Waals surface area contributed by atoms with Crippen molar-refractivity contribution >= 4 is 0 Å². The molecule has 2 aliphatic rings. The van der Waals surface area contributed by atoms with Gasteiger partial charge in [-0.2, -0.15) is 10.2 Å². The molecule has 4 rings (SSSR count). The van der Waals surface area contributed by atoms with Gasteiger partial charge in [0.2, 0.25) is 0 Å².